The van der Waals surface area contributed by atoms with E-state index < -0.39 is 15.9 Å². The fourth-order valence-electron chi connectivity index (χ4n) is 3.90. The molecule has 1 fully saturated rings. The normalized spacial score (nSPS) is 16.1. The molecule has 1 aliphatic heterocycles. The first-order valence-electron chi connectivity index (χ1n) is 10.8. The van der Waals surface area contributed by atoms with Crippen LogP contribution in [0.1, 0.15) is 26.8 Å². The molecule has 0 spiro atoms. The second-order valence-corrected chi connectivity index (χ2v) is 10.9. The molecule has 1 atom stereocenters. The molecule has 1 aliphatic rings. The molecule has 0 bridgehead atoms. The lowest BCUT2D eigenvalue weighted by molar-refractivity contribution is -0.123. The Bertz CT molecular complexity index is 1220. The Balaban J connectivity index is 1.35. The highest BCUT2D eigenvalue weighted by Crippen LogP contribution is 2.26. The minimum atomic E-state index is -3.69. The summed E-state index contributed by atoms with van der Waals surface area (Å²) in [5.74, 6) is -0.718. The lowest BCUT2D eigenvalue weighted by atomic mass is 10.1. The van der Waals surface area contributed by atoms with Crippen LogP contribution in [-0.4, -0.2) is 62.2 Å². The van der Waals surface area contributed by atoms with Gasteiger partial charge in [0.25, 0.3) is 0 Å². The monoisotopic (exact) mass is 498 g/mol. The number of primary amides is 1. The Labute approximate surface area is 203 Å². The van der Waals surface area contributed by atoms with Crippen LogP contribution < -0.4 is 11.1 Å². The predicted octanol–water partition coefficient (Wildman–Crippen LogP) is 2.06. The highest BCUT2D eigenvalue weighted by Gasteiger charge is 2.29. The van der Waals surface area contributed by atoms with Crippen LogP contribution in [0, 0.1) is 0 Å². The third-order valence-electron chi connectivity index (χ3n) is 5.74. The Hall–Kier alpha value is -3.05. The summed E-state index contributed by atoms with van der Waals surface area (Å²) in [6, 6.07) is 19.2. The zero-order valence-electron chi connectivity index (χ0n) is 18.5. The van der Waals surface area contributed by atoms with E-state index in [0.29, 0.717) is 13.1 Å². The molecule has 2 heterocycles. The van der Waals surface area contributed by atoms with Crippen molar-refractivity contribution in [3.63, 3.8) is 0 Å². The smallest absolute Gasteiger partial charge is 0.248 e. The molecular weight excluding hydrogens is 472 g/mol. The number of amides is 2. The standard InChI is InChI=1S/C24H26N4O4S2/c25-24(30)19-8-10-20(11-9-19)34(31,32)28-14-12-27(13-15-28)17-22(29)26-23(21-7-4-16-33-21)18-5-2-1-3-6-18/h1-11,16,23H,12-15,17H2,(H2,25,30)(H,26,29). The number of carbonyl (C=O) groups is 2. The molecule has 34 heavy (non-hydrogen) atoms. The number of nitrogens with zero attached hydrogens (tertiary/aromatic N) is 2. The lowest BCUT2D eigenvalue weighted by Crippen LogP contribution is -2.51. The van der Waals surface area contributed by atoms with Crippen molar-refractivity contribution in [3.05, 3.63) is 88.1 Å². The maximum Gasteiger partial charge on any atom is 0.248 e. The summed E-state index contributed by atoms with van der Waals surface area (Å²) in [5, 5.41) is 5.11. The predicted molar refractivity (Wildman–Crippen MR) is 131 cm³/mol. The van der Waals surface area contributed by atoms with E-state index in [1.807, 2.05) is 52.7 Å². The van der Waals surface area contributed by atoms with Crippen molar-refractivity contribution in [1.29, 1.82) is 0 Å². The summed E-state index contributed by atoms with van der Waals surface area (Å²) in [6.07, 6.45) is 0. The zero-order chi connectivity index (χ0) is 24.1. The molecule has 1 aromatic heterocycles. The maximum absolute atomic E-state index is 12.9. The highest BCUT2D eigenvalue weighted by atomic mass is 32.2. The van der Waals surface area contributed by atoms with Crippen LogP contribution in [0.4, 0.5) is 0 Å². The number of hydrogen-bond donors (Lipinski definition) is 2. The Morgan fingerprint density at radius 2 is 1.62 bits per heavy atom. The van der Waals surface area contributed by atoms with Crippen molar-refractivity contribution in [3.8, 4) is 0 Å². The molecule has 10 heteroatoms. The first kappa shape index (κ1) is 24.1. The van der Waals surface area contributed by atoms with Crippen LogP contribution >= 0.6 is 11.3 Å². The summed E-state index contributed by atoms with van der Waals surface area (Å²) in [5.41, 5.74) is 6.49. The largest absolute Gasteiger partial charge is 0.366 e. The fraction of sp³-hybridized carbons (Fsp3) is 0.250. The zero-order valence-corrected chi connectivity index (χ0v) is 20.1. The SMILES string of the molecule is NC(=O)c1ccc(S(=O)(=O)N2CCN(CC(=O)NC(c3ccccc3)c3cccs3)CC2)cc1. The average molecular weight is 499 g/mol. The second kappa shape index (κ2) is 10.5. The van der Waals surface area contributed by atoms with Gasteiger partial charge in [-0.1, -0.05) is 36.4 Å². The van der Waals surface area contributed by atoms with Crippen LogP contribution in [0.15, 0.2) is 77.0 Å². The Morgan fingerprint density at radius 1 is 0.941 bits per heavy atom. The van der Waals surface area contributed by atoms with E-state index in [9.17, 15) is 18.0 Å². The van der Waals surface area contributed by atoms with E-state index in [-0.39, 0.29) is 42.0 Å². The number of piperazine rings is 1. The number of thiophene rings is 1. The summed E-state index contributed by atoms with van der Waals surface area (Å²) in [6.45, 7) is 1.64. The summed E-state index contributed by atoms with van der Waals surface area (Å²) in [4.78, 5) is 27.2. The van der Waals surface area contributed by atoms with Crippen molar-refractivity contribution >= 4 is 33.2 Å². The molecule has 0 aliphatic carbocycles. The molecule has 1 saturated heterocycles. The van der Waals surface area contributed by atoms with Crippen LogP contribution in [0.25, 0.3) is 0 Å². The van der Waals surface area contributed by atoms with Gasteiger partial charge in [0.05, 0.1) is 17.5 Å². The van der Waals surface area contributed by atoms with E-state index in [2.05, 4.69) is 5.32 Å². The van der Waals surface area contributed by atoms with Gasteiger partial charge in [0.2, 0.25) is 21.8 Å². The van der Waals surface area contributed by atoms with E-state index in [4.69, 9.17) is 5.73 Å². The van der Waals surface area contributed by atoms with Gasteiger partial charge >= 0.3 is 0 Å². The molecular formula is C24H26N4O4S2. The average Bonchev–Trinajstić information content (AvgIpc) is 3.38. The Kier molecular flexibility index (Phi) is 7.42. The molecule has 3 aromatic rings. The molecule has 0 saturated carbocycles. The summed E-state index contributed by atoms with van der Waals surface area (Å²) in [7, 11) is -3.69. The number of hydrogen-bond acceptors (Lipinski definition) is 6. The number of benzene rings is 2. The highest BCUT2D eigenvalue weighted by molar-refractivity contribution is 7.89. The molecule has 1 unspecified atom stereocenters. The molecule has 2 amide bonds. The van der Waals surface area contributed by atoms with Crippen molar-refractivity contribution in [1.82, 2.24) is 14.5 Å². The Morgan fingerprint density at radius 3 is 2.21 bits per heavy atom. The van der Waals surface area contributed by atoms with Gasteiger partial charge in [-0.15, -0.1) is 11.3 Å². The van der Waals surface area contributed by atoms with Crippen molar-refractivity contribution < 1.29 is 18.0 Å². The minimum Gasteiger partial charge on any atom is -0.366 e. The number of nitrogens with two attached hydrogens (primary N) is 1. The van der Waals surface area contributed by atoms with Crippen LogP contribution in [0.3, 0.4) is 0 Å². The van der Waals surface area contributed by atoms with Gasteiger partial charge in [0.15, 0.2) is 0 Å². The van der Waals surface area contributed by atoms with Gasteiger partial charge in [0, 0.05) is 36.6 Å². The van der Waals surface area contributed by atoms with Crippen LogP contribution in [0.2, 0.25) is 0 Å². The summed E-state index contributed by atoms with van der Waals surface area (Å²) < 4.78 is 27.3. The minimum absolute atomic E-state index is 0.111. The summed E-state index contributed by atoms with van der Waals surface area (Å²) >= 11 is 1.59. The molecule has 3 N–H and O–H groups in total. The van der Waals surface area contributed by atoms with Gasteiger partial charge < -0.3 is 11.1 Å². The molecule has 4 rings (SSSR count). The number of sulfonamides is 1. The quantitative estimate of drug-likeness (QED) is 0.494. The second-order valence-electron chi connectivity index (χ2n) is 8.00. The maximum atomic E-state index is 12.9. The lowest BCUT2D eigenvalue weighted by Gasteiger charge is -2.33. The van der Waals surface area contributed by atoms with E-state index in [1.54, 1.807) is 11.3 Å². The van der Waals surface area contributed by atoms with Gasteiger partial charge in [-0.05, 0) is 41.3 Å². The first-order valence-corrected chi connectivity index (χ1v) is 13.2. The first-order chi connectivity index (χ1) is 16.3. The van der Waals surface area contributed by atoms with E-state index >= 15 is 0 Å². The van der Waals surface area contributed by atoms with Crippen molar-refractivity contribution in [2.45, 2.75) is 10.9 Å². The molecule has 178 valence electrons. The number of nitrogens with one attached hydrogen (secondary N) is 1. The van der Waals surface area contributed by atoms with Crippen molar-refractivity contribution in [2.24, 2.45) is 5.73 Å². The van der Waals surface area contributed by atoms with Gasteiger partial charge in [-0.25, -0.2) is 8.42 Å². The number of rotatable bonds is 8. The number of carbonyl (C=O) groups excluding carboxylic acids is 2. The van der Waals surface area contributed by atoms with E-state index in [1.165, 1.54) is 28.6 Å². The third kappa shape index (κ3) is 5.53. The van der Waals surface area contributed by atoms with Gasteiger partial charge in [0.1, 0.15) is 0 Å². The van der Waals surface area contributed by atoms with Gasteiger partial charge in [-0.2, -0.15) is 4.31 Å². The van der Waals surface area contributed by atoms with Crippen LogP contribution in [-0.2, 0) is 14.8 Å². The van der Waals surface area contributed by atoms with Gasteiger partial charge in [-0.3, -0.25) is 14.5 Å². The van der Waals surface area contributed by atoms with Crippen molar-refractivity contribution in [2.75, 3.05) is 32.7 Å². The molecule has 8 nitrogen and oxygen atoms in total. The van der Waals surface area contributed by atoms with E-state index in [0.717, 1.165) is 10.4 Å². The third-order valence-corrected chi connectivity index (χ3v) is 8.59. The fourth-order valence-corrected chi connectivity index (χ4v) is 6.12. The topological polar surface area (TPSA) is 113 Å². The molecule has 0 radical (unpaired) electrons. The van der Waals surface area contributed by atoms with Crippen LogP contribution in [0.5, 0.6) is 0 Å². The molecule has 2 aromatic carbocycles.